The van der Waals surface area contributed by atoms with Crippen molar-refractivity contribution in [2.75, 3.05) is 23.7 Å². The topological polar surface area (TPSA) is 70.2 Å². The third-order valence-electron chi connectivity index (χ3n) is 5.82. The first kappa shape index (κ1) is 20.7. The first-order valence-corrected chi connectivity index (χ1v) is 9.48. The smallest absolute Gasteiger partial charge is 0.232 e. The highest BCUT2D eigenvalue weighted by Gasteiger charge is 2.49. The lowest BCUT2D eigenvalue weighted by atomic mass is 9.67. The predicted molar refractivity (Wildman–Crippen MR) is 108 cm³/mol. The predicted octanol–water partition coefficient (Wildman–Crippen LogP) is 3.87. The minimum Gasteiger partial charge on any atom is -0.326 e. The van der Waals surface area contributed by atoms with Crippen molar-refractivity contribution < 1.29 is 9.59 Å². The molecule has 2 aliphatic rings. The summed E-state index contributed by atoms with van der Waals surface area (Å²) in [5.74, 6) is 0.580. The highest BCUT2D eigenvalue weighted by molar-refractivity contribution is 5.98. The van der Waals surface area contributed by atoms with Gasteiger partial charge >= 0.3 is 0 Å². The Bertz CT molecular complexity index is 664. The van der Waals surface area contributed by atoms with Gasteiger partial charge in [0.2, 0.25) is 11.8 Å². The Morgan fingerprint density at radius 3 is 2.69 bits per heavy atom. The maximum Gasteiger partial charge on any atom is 0.232 e. The van der Waals surface area contributed by atoms with Crippen LogP contribution in [0.5, 0.6) is 0 Å². The van der Waals surface area contributed by atoms with Gasteiger partial charge in [-0.15, -0.1) is 12.4 Å². The van der Waals surface area contributed by atoms with E-state index >= 15 is 0 Å². The third-order valence-corrected chi connectivity index (χ3v) is 5.82. The van der Waals surface area contributed by atoms with E-state index in [0.717, 1.165) is 55.7 Å². The number of nitrogens with one attached hydrogen (secondary N) is 3. The summed E-state index contributed by atoms with van der Waals surface area (Å²) in [6.45, 7) is 5.65. The van der Waals surface area contributed by atoms with Crippen LogP contribution in [0.3, 0.4) is 0 Å². The molecule has 3 rings (SSSR count). The van der Waals surface area contributed by atoms with Gasteiger partial charge in [0, 0.05) is 24.3 Å². The Balaban J connectivity index is 0.00000243. The van der Waals surface area contributed by atoms with Gasteiger partial charge < -0.3 is 16.0 Å². The SMILES string of the molecule is CCCC(=O)Nc1cccc(NC(=O)[C@@]23CCCC[C@H]2CNC3)c1C.Cl. The second-order valence-corrected chi connectivity index (χ2v) is 7.46. The molecular formula is C20H30ClN3O2. The summed E-state index contributed by atoms with van der Waals surface area (Å²) in [4.78, 5) is 25.0. The zero-order chi connectivity index (χ0) is 17.9. The molecule has 1 saturated heterocycles. The van der Waals surface area contributed by atoms with E-state index in [-0.39, 0.29) is 29.6 Å². The van der Waals surface area contributed by atoms with Crippen molar-refractivity contribution in [3.8, 4) is 0 Å². The summed E-state index contributed by atoms with van der Waals surface area (Å²) in [6.07, 6.45) is 5.76. The summed E-state index contributed by atoms with van der Waals surface area (Å²) in [5.41, 5.74) is 2.21. The van der Waals surface area contributed by atoms with Crippen LogP contribution in [0.15, 0.2) is 18.2 Å². The summed E-state index contributed by atoms with van der Waals surface area (Å²) in [5, 5.41) is 9.52. The van der Waals surface area contributed by atoms with Crippen molar-refractivity contribution in [2.45, 2.75) is 52.4 Å². The van der Waals surface area contributed by atoms with Crippen LogP contribution in [-0.4, -0.2) is 24.9 Å². The highest BCUT2D eigenvalue weighted by atomic mass is 35.5. The van der Waals surface area contributed by atoms with E-state index in [4.69, 9.17) is 0 Å². The number of hydrogen-bond acceptors (Lipinski definition) is 3. The van der Waals surface area contributed by atoms with Gasteiger partial charge in [-0.1, -0.05) is 25.8 Å². The van der Waals surface area contributed by atoms with Crippen molar-refractivity contribution in [1.29, 1.82) is 0 Å². The first-order chi connectivity index (χ1) is 12.1. The zero-order valence-corrected chi connectivity index (χ0v) is 16.5. The van der Waals surface area contributed by atoms with Crippen LogP contribution in [0.4, 0.5) is 11.4 Å². The summed E-state index contributed by atoms with van der Waals surface area (Å²) < 4.78 is 0. The van der Waals surface area contributed by atoms with E-state index in [9.17, 15) is 9.59 Å². The average Bonchev–Trinajstić information content (AvgIpc) is 3.04. The molecule has 0 aromatic heterocycles. The Morgan fingerprint density at radius 1 is 1.23 bits per heavy atom. The molecular weight excluding hydrogens is 350 g/mol. The van der Waals surface area contributed by atoms with Crippen LogP contribution in [0.2, 0.25) is 0 Å². The standard InChI is InChI=1S/C20H29N3O2.ClH/c1-3-7-18(24)22-16-9-6-10-17(14(16)2)23-19(25)20-11-5-4-8-15(20)12-21-13-20;/h6,9-10,15,21H,3-5,7-8,11-13H2,1-2H3,(H,22,24)(H,23,25);1H/t15-,20+;/m0./s1. The molecule has 2 fully saturated rings. The van der Waals surface area contributed by atoms with Gasteiger partial charge in [0.05, 0.1) is 5.41 Å². The van der Waals surface area contributed by atoms with E-state index in [1.807, 2.05) is 32.0 Å². The maximum absolute atomic E-state index is 13.1. The van der Waals surface area contributed by atoms with Crippen LogP contribution in [-0.2, 0) is 9.59 Å². The normalized spacial score (nSPS) is 24.3. The number of anilines is 2. The molecule has 1 aliphatic heterocycles. The molecule has 3 N–H and O–H groups in total. The fourth-order valence-corrected chi connectivity index (χ4v) is 4.28. The Morgan fingerprint density at radius 2 is 1.96 bits per heavy atom. The van der Waals surface area contributed by atoms with Crippen molar-refractivity contribution in [3.63, 3.8) is 0 Å². The van der Waals surface area contributed by atoms with E-state index < -0.39 is 0 Å². The number of carbonyl (C=O) groups is 2. The molecule has 6 heteroatoms. The van der Waals surface area contributed by atoms with E-state index in [0.29, 0.717) is 12.3 Å². The molecule has 26 heavy (non-hydrogen) atoms. The quantitative estimate of drug-likeness (QED) is 0.727. The lowest BCUT2D eigenvalue weighted by Gasteiger charge is -2.37. The largest absolute Gasteiger partial charge is 0.326 e. The molecule has 0 bridgehead atoms. The van der Waals surface area contributed by atoms with Crippen LogP contribution < -0.4 is 16.0 Å². The Kier molecular flexibility index (Phi) is 7.07. The van der Waals surface area contributed by atoms with Gasteiger partial charge in [-0.3, -0.25) is 9.59 Å². The fraction of sp³-hybridized carbons (Fsp3) is 0.600. The number of rotatable bonds is 5. The zero-order valence-electron chi connectivity index (χ0n) is 15.7. The Labute approximate surface area is 162 Å². The molecule has 0 radical (unpaired) electrons. The molecule has 1 saturated carbocycles. The average molecular weight is 380 g/mol. The Hall–Kier alpha value is -1.59. The number of fused-ring (bicyclic) bond motifs is 1. The monoisotopic (exact) mass is 379 g/mol. The van der Waals surface area contributed by atoms with Crippen molar-refractivity contribution in [1.82, 2.24) is 5.32 Å². The van der Waals surface area contributed by atoms with E-state index in [1.165, 1.54) is 6.42 Å². The van der Waals surface area contributed by atoms with E-state index in [2.05, 4.69) is 16.0 Å². The maximum atomic E-state index is 13.1. The molecule has 1 aliphatic carbocycles. The minimum absolute atomic E-state index is 0. The number of carbonyl (C=O) groups excluding carboxylic acids is 2. The molecule has 144 valence electrons. The fourth-order valence-electron chi connectivity index (χ4n) is 4.28. The number of benzene rings is 1. The molecule has 2 atom stereocenters. The van der Waals surface area contributed by atoms with Crippen LogP contribution in [0.1, 0.15) is 51.0 Å². The van der Waals surface area contributed by atoms with Gasteiger partial charge in [0.25, 0.3) is 0 Å². The van der Waals surface area contributed by atoms with Crippen LogP contribution in [0, 0.1) is 18.3 Å². The first-order valence-electron chi connectivity index (χ1n) is 9.48. The molecule has 0 spiro atoms. The summed E-state index contributed by atoms with van der Waals surface area (Å²) >= 11 is 0. The second kappa shape index (κ2) is 8.87. The lowest BCUT2D eigenvalue weighted by molar-refractivity contribution is -0.128. The summed E-state index contributed by atoms with van der Waals surface area (Å²) in [6, 6.07) is 5.68. The van der Waals surface area contributed by atoms with Crippen LogP contribution >= 0.6 is 12.4 Å². The van der Waals surface area contributed by atoms with Gasteiger partial charge in [-0.2, -0.15) is 0 Å². The van der Waals surface area contributed by atoms with Gasteiger partial charge in [0.15, 0.2) is 0 Å². The minimum atomic E-state index is -0.272. The van der Waals surface area contributed by atoms with Crippen molar-refractivity contribution >= 4 is 35.6 Å². The van der Waals surface area contributed by atoms with Gasteiger partial charge in [-0.05, 0) is 56.3 Å². The summed E-state index contributed by atoms with van der Waals surface area (Å²) in [7, 11) is 0. The molecule has 0 unspecified atom stereocenters. The molecule has 2 amide bonds. The number of amides is 2. The highest BCUT2D eigenvalue weighted by Crippen LogP contribution is 2.44. The molecule has 1 heterocycles. The molecule has 5 nitrogen and oxygen atoms in total. The van der Waals surface area contributed by atoms with Crippen LogP contribution in [0.25, 0.3) is 0 Å². The second-order valence-electron chi connectivity index (χ2n) is 7.46. The van der Waals surface area contributed by atoms with Crippen molar-refractivity contribution in [2.24, 2.45) is 11.3 Å². The third kappa shape index (κ3) is 4.04. The number of hydrogen-bond donors (Lipinski definition) is 3. The van der Waals surface area contributed by atoms with Crippen molar-refractivity contribution in [3.05, 3.63) is 23.8 Å². The molecule has 1 aromatic carbocycles. The molecule has 1 aromatic rings. The van der Waals surface area contributed by atoms with Gasteiger partial charge in [0.1, 0.15) is 0 Å². The lowest BCUT2D eigenvalue weighted by Crippen LogP contribution is -2.44. The number of halogens is 1. The van der Waals surface area contributed by atoms with Gasteiger partial charge in [-0.25, -0.2) is 0 Å². The van der Waals surface area contributed by atoms with E-state index in [1.54, 1.807) is 0 Å².